The third kappa shape index (κ3) is 23.0. The minimum Gasteiger partial charge on any atom is -0.610 e. The molecule has 1 aromatic carbocycles. The number of hydrogen-bond acceptors (Lipinski definition) is 25. The van der Waals surface area contributed by atoms with Crippen LogP contribution in [0.1, 0.15) is 83.8 Å². The molecule has 12 atom stereocenters. The van der Waals surface area contributed by atoms with Gasteiger partial charge in [-0.25, -0.2) is 0 Å². The molecule has 2 saturated heterocycles. The number of nitrogens with one attached hydrogen (secondary N) is 11. The summed E-state index contributed by atoms with van der Waals surface area (Å²) >= 11 is -1.10. The maximum absolute atomic E-state index is 15.4. The molecular weight excluding hydrogens is 1380 g/mol. The van der Waals surface area contributed by atoms with Crippen LogP contribution in [0.2, 0.25) is 0 Å². The molecule has 6 heterocycles. The van der Waals surface area contributed by atoms with Gasteiger partial charge in [-0.2, -0.15) is 11.8 Å². The Hall–Kier alpha value is -7.92. The Morgan fingerprint density at radius 3 is 2.19 bits per heavy atom. The van der Waals surface area contributed by atoms with Gasteiger partial charge in [0.1, 0.15) is 41.7 Å². The van der Waals surface area contributed by atoms with E-state index in [1.165, 1.54) is 30.7 Å². The van der Waals surface area contributed by atoms with E-state index < -0.39 is 176 Å². The number of methoxy groups -OCH3 is 1. The normalized spacial score (nSPS) is 24.6. The number of H-pyrrole nitrogens is 1. The Morgan fingerprint density at radius 2 is 1.52 bits per heavy atom. The van der Waals surface area contributed by atoms with Crippen LogP contribution in [0.15, 0.2) is 29.1 Å². The standard InChI is InChI=1S/C64H97N15O21S2/c1-6-35(3)54-60(91)68-28-52(86)69-45-34-102(95)62-41(26-43(57(88)67-12-10-51(85)72-54)70-61(92)55(36(4)47(82)32-80)73-59(90)46-25-39(81)31-78(46)64(94)44(27-49(65)83)71-58(45)89)40-8-9-48(96-5)42(56(40)74-62)33-101-23-13-66-50(84)11-15-97-17-19-99-21-22-100-20-18-98-16-14-77-29-38(75-76-77)30-79-53(87)24-37(7-2)63(79)93/h8-9,29,35-37,39,43-47,54-55,74-76,80-82H,6-7,10-28,30-34H2,1-5H3,(H2,65,83)(H,66,84)(H,67,88)(H,68,91)(H,69,86)(H,70,92)(H,71,89)(H,72,85)(H,73,90)/t35-,36-,37?,39+,43-,44-,45-,46-,47-,54-,55-,102?/m0/s1. The van der Waals surface area contributed by atoms with Gasteiger partial charge in [-0.1, -0.05) is 34.1 Å². The van der Waals surface area contributed by atoms with E-state index in [0.717, 1.165) is 4.90 Å². The topological polar surface area (TPSA) is 507 Å². The maximum Gasteiger partial charge on any atom is 0.248 e. The Bertz CT molecular complexity index is 3330. The number of carbonyl (C=O) groups is 12. The van der Waals surface area contributed by atoms with Crippen LogP contribution < -0.4 is 64.0 Å². The van der Waals surface area contributed by atoms with Crippen LogP contribution in [0.3, 0.4) is 0 Å². The first-order valence-corrected chi connectivity index (χ1v) is 36.5. The highest BCUT2D eigenvalue weighted by molar-refractivity contribution is 7.98. The minimum absolute atomic E-state index is 0.0549. The lowest BCUT2D eigenvalue weighted by molar-refractivity contribution is -0.144. The van der Waals surface area contributed by atoms with E-state index in [1.807, 2.05) is 6.92 Å². The van der Waals surface area contributed by atoms with Crippen molar-refractivity contribution in [2.45, 2.75) is 138 Å². The van der Waals surface area contributed by atoms with Gasteiger partial charge < -0.3 is 107 Å². The van der Waals surface area contributed by atoms with Crippen molar-refractivity contribution in [1.82, 2.24) is 73.3 Å². The van der Waals surface area contributed by atoms with E-state index in [2.05, 4.69) is 58.5 Å². The number of aliphatic hydroxyl groups excluding tert-OH is 3. The number of carbonyl (C=O) groups excluding carboxylic acids is 12. The number of nitrogens with two attached hydrogens (primary N) is 1. The van der Waals surface area contributed by atoms with Crippen LogP contribution in [0.5, 0.6) is 5.75 Å². The maximum atomic E-state index is 15.4. The SMILES string of the molecule is CCC1CC(=O)N(CC2=CN(CCOCCOCCOCCOCCC(=O)NCCSCc3c(OC)ccc4c5c([nH]c34)[S+]([O-])C[C@@H]3NC(=O)CNC(=O)[C@H]([C@@H](C)CC)NC(=O)CCNC(=O)[C@H](C5)NC(=O)[C@H]([C@@H](C)[C@@H](O)CO)NC(=O)[C@@H]4C[C@@H](O)CN4C(=O)[C@H](CC(N)=O)NC3=O)NN2)C1=O. The number of amides is 12. The summed E-state index contributed by atoms with van der Waals surface area (Å²) in [7, 11) is 1.41. The summed E-state index contributed by atoms with van der Waals surface area (Å²) in [4.78, 5) is 170. The van der Waals surface area contributed by atoms with Crippen LogP contribution in [0, 0.1) is 17.8 Å². The predicted octanol–water partition coefficient (Wildman–Crippen LogP) is -5.47. The van der Waals surface area contributed by atoms with E-state index in [4.69, 9.17) is 29.4 Å². The van der Waals surface area contributed by atoms with Gasteiger partial charge in [-0.05, 0) is 24.5 Å². The molecule has 0 radical (unpaired) electrons. The number of ether oxygens (including phenoxy) is 5. The van der Waals surface area contributed by atoms with Crippen molar-refractivity contribution in [3.05, 3.63) is 35.2 Å². The zero-order valence-corrected chi connectivity index (χ0v) is 59.5. The fraction of sp³-hybridized carbons (Fsp3) is 0.656. The molecule has 2 aromatic rings. The average molecular weight is 1480 g/mol. The molecule has 2 bridgehead atoms. The van der Waals surface area contributed by atoms with Crippen molar-refractivity contribution >= 4 is 105 Å². The van der Waals surface area contributed by atoms with Gasteiger partial charge in [-0.3, -0.25) is 67.4 Å². The summed E-state index contributed by atoms with van der Waals surface area (Å²) in [6, 6.07) is -6.90. The number of hydrazine groups is 2. The van der Waals surface area contributed by atoms with Crippen LogP contribution in [-0.2, 0) is 99.8 Å². The monoisotopic (exact) mass is 1480 g/mol. The summed E-state index contributed by atoms with van der Waals surface area (Å²) in [5.41, 5.74) is 13.1. The third-order valence-corrected chi connectivity index (χ3v) is 20.4. The number of rotatable bonds is 31. The number of nitrogens with zero attached hydrogens (tertiary/aromatic N) is 3. The van der Waals surface area contributed by atoms with Crippen molar-refractivity contribution in [3.63, 3.8) is 0 Å². The second-order valence-corrected chi connectivity index (χ2v) is 27.8. The van der Waals surface area contributed by atoms with Gasteiger partial charge in [0.05, 0.1) is 116 Å². The number of aromatic amines is 1. The van der Waals surface area contributed by atoms with Crippen LogP contribution in [-0.4, -0.2) is 276 Å². The van der Waals surface area contributed by atoms with Gasteiger partial charge in [0.2, 0.25) is 75.9 Å². The Labute approximate surface area is 596 Å². The summed E-state index contributed by atoms with van der Waals surface area (Å²) in [5, 5.41) is 54.6. The fourth-order valence-corrected chi connectivity index (χ4v) is 14.2. The van der Waals surface area contributed by atoms with E-state index in [9.17, 15) is 72.9 Å². The molecule has 12 amide bonds. The Morgan fingerprint density at radius 1 is 0.814 bits per heavy atom. The zero-order chi connectivity index (χ0) is 74.2. The molecular formula is C64H97N15O21S2. The molecule has 5 aliphatic heterocycles. The molecule has 36 nitrogen and oxygen atoms in total. The summed E-state index contributed by atoms with van der Waals surface area (Å²) < 4.78 is 43.6. The number of thioether (sulfide) groups is 1. The van der Waals surface area contributed by atoms with Crippen molar-refractivity contribution in [2.75, 3.05) is 117 Å². The van der Waals surface area contributed by atoms with Crippen molar-refractivity contribution in [2.24, 2.45) is 23.5 Å². The predicted molar refractivity (Wildman–Crippen MR) is 365 cm³/mol. The molecule has 0 spiro atoms. The highest BCUT2D eigenvalue weighted by Gasteiger charge is 2.46. The average Bonchev–Trinajstić information content (AvgIpc) is 1.62. The molecule has 1 aromatic heterocycles. The second kappa shape index (κ2) is 40.2. The largest absolute Gasteiger partial charge is 0.610 e. The number of likely N-dealkylation sites (tertiary alicyclic amines) is 1. The summed E-state index contributed by atoms with van der Waals surface area (Å²) in [6.07, 6.45) is -2.23. The quantitative estimate of drug-likeness (QED) is 0.0190. The molecule has 566 valence electrons. The van der Waals surface area contributed by atoms with Crippen LogP contribution in [0.25, 0.3) is 10.9 Å². The van der Waals surface area contributed by atoms with E-state index in [0.29, 0.717) is 86.1 Å². The smallest absolute Gasteiger partial charge is 0.248 e. The van der Waals surface area contributed by atoms with Crippen LogP contribution >= 0.6 is 11.8 Å². The summed E-state index contributed by atoms with van der Waals surface area (Å²) in [6.45, 7) is 7.23. The molecule has 2 fully saturated rings. The molecule has 38 heteroatoms. The number of primary amides is 1. The van der Waals surface area contributed by atoms with Crippen molar-refractivity contribution < 1.29 is 101 Å². The number of aromatic nitrogens is 1. The van der Waals surface area contributed by atoms with Gasteiger partial charge in [0.25, 0.3) is 0 Å². The number of benzene rings is 1. The first-order chi connectivity index (χ1) is 48.9. The number of fused-ring (bicyclic) bond motifs is 5. The van der Waals surface area contributed by atoms with Gasteiger partial charge in [-0.15, -0.1) is 5.53 Å². The molecule has 5 aliphatic rings. The van der Waals surface area contributed by atoms with E-state index in [1.54, 1.807) is 37.2 Å². The lowest BCUT2D eigenvalue weighted by atomic mass is 9.93. The highest BCUT2D eigenvalue weighted by atomic mass is 32.2. The minimum atomic E-state index is -2.47. The molecule has 2 unspecified atom stereocenters. The molecule has 102 heavy (non-hydrogen) atoms. The molecule has 16 N–H and O–H groups in total. The van der Waals surface area contributed by atoms with Gasteiger partial charge >= 0.3 is 0 Å². The molecule has 0 saturated carbocycles. The number of hydrogen-bond donors (Lipinski definition) is 15. The third-order valence-electron chi connectivity index (χ3n) is 17.9. The van der Waals surface area contributed by atoms with Gasteiger partial charge in [0.15, 0.2) is 6.04 Å². The lowest BCUT2D eigenvalue weighted by Crippen LogP contribution is -2.61. The Balaban J connectivity index is 1.02. The zero-order valence-electron chi connectivity index (χ0n) is 57.9. The first kappa shape index (κ1) is 81.4. The Kier molecular flexibility index (Phi) is 32.1. The van der Waals surface area contributed by atoms with Crippen molar-refractivity contribution in [3.8, 4) is 5.75 Å². The van der Waals surface area contributed by atoms with E-state index in [-0.39, 0.29) is 92.3 Å². The highest BCUT2D eigenvalue weighted by Crippen LogP contribution is 2.37. The van der Waals surface area contributed by atoms with Gasteiger partial charge in [0, 0.05) is 109 Å². The lowest BCUT2D eigenvalue weighted by Gasteiger charge is -2.32. The van der Waals surface area contributed by atoms with E-state index >= 15 is 4.55 Å². The van der Waals surface area contributed by atoms with Crippen LogP contribution in [0.4, 0.5) is 0 Å². The molecule has 0 aliphatic carbocycles. The van der Waals surface area contributed by atoms with Crippen molar-refractivity contribution in [1.29, 1.82) is 0 Å². The number of aliphatic hydroxyl groups is 3. The first-order valence-electron chi connectivity index (χ1n) is 34.0. The molecule has 7 rings (SSSR count). The summed E-state index contributed by atoms with van der Waals surface area (Å²) in [5.74, 6) is -11.7. The number of imide groups is 1. The fourth-order valence-electron chi connectivity index (χ4n) is 11.9. The second-order valence-electron chi connectivity index (χ2n) is 25.2.